The Balaban J connectivity index is 1.89. The molecule has 162 valence electrons. The van der Waals surface area contributed by atoms with Crippen molar-refractivity contribution >= 4 is 29.1 Å². The summed E-state index contributed by atoms with van der Waals surface area (Å²) >= 11 is 6.23. The van der Waals surface area contributed by atoms with E-state index in [2.05, 4.69) is 4.98 Å². The molecule has 0 aliphatic carbocycles. The first kappa shape index (κ1) is 21.6. The van der Waals surface area contributed by atoms with Crippen LogP contribution in [0.5, 0.6) is 5.75 Å². The van der Waals surface area contributed by atoms with Crippen molar-refractivity contribution in [2.45, 2.75) is 19.5 Å². The molecule has 4 rings (SSSR count). The van der Waals surface area contributed by atoms with Gasteiger partial charge in [0.2, 0.25) is 0 Å². The van der Waals surface area contributed by atoms with E-state index in [4.69, 9.17) is 16.3 Å². The third-order valence-electron chi connectivity index (χ3n) is 5.55. The molecule has 0 radical (unpaired) electrons. The molecule has 0 saturated carbocycles. The molecule has 3 aromatic rings. The number of ketones is 1. The van der Waals surface area contributed by atoms with E-state index < -0.39 is 17.7 Å². The first-order valence-corrected chi connectivity index (χ1v) is 10.4. The number of aromatic nitrogens is 1. The second-order valence-electron chi connectivity index (χ2n) is 7.49. The summed E-state index contributed by atoms with van der Waals surface area (Å²) < 4.78 is 5.17. The van der Waals surface area contributed by atoms with Gasteiger partial charge in [-0.05, 0) is 53.9 Å². The van der Waals surface area contributed by atoms with Crippen molar-refractivity contribution in [3.05, 3.63) is 99.8 Å². The van der Waals surface area contributed by atoms with Crippen molar-refractivity contribution in [1.29, 1.82) is 0 Å². The van der Waals surface area contributed by atoms with Gasteiger partial charge in [-0.15, -0.1) is 0 Å². The maximum Gasteiger partial charge on any atom is 0.295 e. The fourth-order valence-corrected chi connectivity index (χ4v) is 4.17. The molecule has 7 heteroatoms. The van der Waals surface area contributed by atoms with Gasteiger partial charge in [-0.1, -0.05) is 35.9 Å². The van der Waals surface area contributed by atoms with Crippen LogP contribution in [0.1, 0.15) is 28.3 Å². The maximum absolute atomic E-state index is 13.1. The van der Waals surface area contributed by atoms with Gasteiger partial charge in [0.15, 0.2) is 0 Å². The van der Waals surface area contributed by atoms with Crippen LogP contribution in [0.2, 0.25) is 5.02 Å². The number of methoxy groups -OCH3 is 1. The second-order valence-corrected chi connectivity index (χ2v) is 7.90. The molecule has 1 unspecified atom stereocenters. The van der Waals surface area contributed by atoms with Crippen molar-refractivity contribution in [3.63, 3.8) is 0 Å². The molecule has 6 nitrogen and oxygen atoms in total. The van der Waals surface area contributed by atoms with Crippen molar-refractivity contribution in [2.24, 2.45) is 0 Å². The van der Waals surface area contributed by atoms with E-state index in [0.717, 1.165) is 16.7 Å². The zero-order chi connectivity index (χ0) is 22.8. The number of hydrogen-bond acceptors (Lipinski definition) is 5. The summed E-state index contributed by atoms with van der Waals surface area (Å²) in [4.78, 5) is 31.7. The van der Waals surface area contributed by atoms with Gasteiger partial charge in [-0.25, -0.2) is 0 Å². The van der Waals surface area contributed by atoms with Crippen LogP contribution in [0.25, 0.3) is 5.76 Å². The molecule has 1 N–H and O–H groups in total. The van der Waals surface area contributed by atoms with E-state index in [1.54, 1.807) is 36.7 Å². The van der Waals surface area contributed by atoms with E-state index in [1.807, 2.05) is 31.2 Å². The summed E-state index contributed by atoms with van der Waals surface area (Å²) in [6.45, 7) is 2.11. The molecule has 1 aliphatic rings. The summed E-state index contributed by atoms with van der Waals surface area (Å²) in [6.07, 6.45) is 3.27. The molecule has 0 bridgehead atoms. The molecule has 1 aromatic heterocycles. The molecule has 1 saturated heterocycles. The largest absolute Gasteiger partial charge is 0.507 e. The van der Waals surface area contributed by atoms with E-state index in [-0.39, 0.29) is 22.9 Å². The lowest BCUT2D eigenvalue weighted by atomic mass is 9.92. The average Bonchev–Trinajstić information content (AvgIpc) is 3.04. The molecule has 2 aromatic carbocycles. The minimum absolute atomic E-state index is 0.0274. The normalized spacial score (nSPS) is 17.6. The lowest BCUT2D eigenvalue weighted by Crippen LogP contribution is -2.29. The number of aryl methyl sites for hydroxylation is 1. The highest BCUT2D eigenvalue weighted by Crippen LogP contribution is 2.42. The highest BCUT2D eigenvalue weighted by Gasteiger charge is 2.46. The number of amides is 1. The molecule has 1 amide bonds. The predicted molar refractivity (Wildman–Crippen MR) is 121 cm³/mol. The Hall–Kier alpha value is -3.64. The number of carbonyl (C=O) groups is 2. The number of pyridine rings is 1. The smallest absolute Gasteiger partial charge is 0.295 e. The van der Waals surface area contributed by atoms with Crippen LogP contribution >= 0.6 is 11.6 Å². The van der Waals surface area contributed by atoms with Crippen LogP contribution in [0.3, 0.4) is 0 Å². The molecule has 0 spiro atoms. The second kappa shape index (κ2) is 8.85. The summed E-state index contributed by atoms with van der Waals surface area (Å²) in [6, 6.07) is 15.1. The first-order valence-electron chi connectivity index (χ1n) is 9.99. The quantitative estimate of drug-likeness (QED) is 0.348. The molecular weight excluding hydrogens is 428 g/mol. The number of nitrogens with zero attached hydrogens (tertiary/aromatic N) is 2. The average molecular weight is 449 g/mol. The summed E-state index contributed by atoms with van der Waals surface area (Å²) in [5.74, 6) is -1.25. The van der Waals surface area contributed by atoms with Crippen molar-refractivity contribution < 1.29 is 19.4 Å². The van der Waals surface area contributed by atoms with Gasteiger partial charge in [-0.3, -0.25) is 14.6 Å². The SMILES string of the molecule is COc1ccc(/C(O)=C2\C(=O)C(=O)N(Cc3ccncc3)C2c2ccccc2C)cc1Cl. The van der Waals surface area contributed by atoms with Crippen molar-refractivity contribution in [1.82, 2.24) is 9.88 Å². The zero-order valence-corrected chi connectivity index (χ0v) is 18.3. The van der Waals surface area contributed by atoms with Gasteiger partial charge in [0, 0.05) is 24.5 Å². The number of ether oxygens (including phenoxy) is 1. The number of halogens is 1. The van der Waals surface area contributed by atoms with E-state index >= 15 is 0 Å². The Morgan fingerprint density at radius 1 is 1.12 bits per heavy atom. The number of benzene rings is 2. The van der Waals surface area contributed by atoms with Gasteiger partial charge in [0.05, 0.1) is 23.7 Å². The standard InChI is InChI=1S/C25H21ClN2O4/c1-15-5-3-4-6-18(15)22-21(23(29)17-7-8-20(32-2)19(26)13-17)24(30)25(31)28(22)14-16-9-11-27-12-10-16/h3-13,22,29H,14H2,1-2H3/b23-21+. The van der Waals surface area contributed by atoms with Crippen LogP contribution in [-0.2, 0) is 16.1 Å². The van der Waals surface area contributed by atoms with Crippen LogP contribution in [0, 0.1) is 6.92 Å². The van der Waals surface area contributed by atoms with Crippen molar-refractivity contribution in [2.75, 3.05) is 7.11 Å². The number of likely N-dealkylation sites (tertiary alicyclic amines) is 1. The van der Waals surface area contributed by atoms with Crippen LogP contribution in [-0.4, -0.2) is 33.8 Å². The van der Waals surface area contributed by atoms with E-state index in [1.165, 1.54) is 18.1 Å². The number of aliphatic hydroxyl groups excluding tert-OH is 1. The predicted octanol–water partition coefficient (Wildman–Crippen LogP) is 4.67. The Bertz CT molecular complexity index is 1220. The van der Waals surface area contributed by atoms with Crippen LogP contribution in [0.4, 0.5) is 0 Å². The fraction of sp³-hybridized carbons (Fsp3) is 0.160. The lowest BCUT2D eigenvalue weighted by molar-refractivity contribution is -0.140. The highest BCUT2D eigenvalue weighted by molar-refractivity contribution is 6.46. The molecule has 1 aliphatic heterocycles. The Labute approximate surface area is 190 Å². The number of Topliss-reactive ketones (excluding diaryl/α,β-unsaturated/α-hetero) is 1. The van der Waals surface area contributed by atoms with Gasteiger partial charge < -0.3 is 14.7 Å². The lowest BCUT2D eigenvalue weighted by Gasteiger charge is -2.26. The summed E-state index contributed by atoms with van der Waals surface area (Å²) in [7, 11) is 1.49. The third-order valence-corrected chi connectivity index (χ3v) is 5.85. The number of carbonyl (C=O) groups excluding carboxylic acids is 2. The number of rotatable bonds is 5. The Morgan fingerprint density at radius 3 is 2.50 bits per heavy atom. The monoisotopic (exact) mass is 448 g/mol. The van der Waals surface area contributed by atoms with Gasteiger partial charge in [-0.2, -0.15) is 0 Å². The number of aliphatic hydroxyl groups is 1. The third kappa shape index (κ3) is 3.85. The molecule has 2 heterocycles. The van der Waals surface area contributed by atoms with Crippen LogP contribution < -0.4 is 4.74 Å². The van der Waals surface area contributed by atoms with Gasteiger partial charge in [0.1, 0.15) is 11.5 Å². The van der Waals surface area contributed by atoms with Crippen LogP contribution in [0.15, 0.2) is 72.6 Å². The summed E-state index contributed by atoms with van der Waals surface area (Å²) in [5, 5.41) is 11.5. The highest BCUT2D eigenvalue weighted by atomic mass is 35.5. The first-order chi connectivity index (χ1) is 15.4. The van der Waals surface area contributed by atoms with Gasteiger partial charge >= 0.3 is 0 Å². The topological polar surface area (TPSA) is 79.7 Å². The molecule has 1 fully saturated rings. The van der Waals surface area contributed by atoms with Crippen molar-refractivity contribution in [3.8, 4) is 5.75 Å². The molecule has 32 heavy (non-hydrogen) atoms. The van der Waals surface area contributed by atoms with Gasteiger partial charge in [0.25, 0.3) is 11.7 Å². The zero-order valence-electron chi connectivity index (χ0n) is 17.6. The number of hydrogen-bond donors (Lipinski definition) is 1. The minimum atomic E-state index is -0.745. The fourth-order valence-electron chi connectivity index (χ4n) is 3.91. The minimum Gasteiger partial charge on any atom is -0.507 e. The Kier molecular flexibility index (Phi) is 5.97. The maximum atomic E-state index is 13.1. The van der Waals surface area contributed by atoms with E-state index in [0.29, 0.717) is 11.3 Å². The van der Waals surface area contributed by atoms with E-state index in [9.17, 15) is 14.7 Å². The molecule has 1 atom stereocenters. The molecular formula is C25H21ClN2O4. The Morgan fingerprint density at radius 2 is 1.84 bits per heavy atom. The summed E-state index contributed by atoms with van der Waals surface area (Å²) in [5.41, 5.74) is 2.85.